The highest BCUT2D eigenvalue weighted by molar-refractivity contribution is 7.91. The van der Waals surface area contributed by atoms with Crippen molar-refractivity contribution in [2.75, 3.05) is 12.4 Å². The second kappa shape index (κ2) is 10.9. The first-order valence-electron chi connectivity index (χ1n) is 9.94. The highest BCUT2D eigenvalue weighted by Gasteiger charge is 2.22. The first kappa shape index (κ1) is 28.1. The number of hydrogen-bond acceptors (Lipinski definition) is 12. The van der Waals surface area contributed by atoms with E-state index >= 15 is 0 Å². The van der Waals surface area contributed by atoms with Gasteiger partial charge in [-0.2, -0.15) is 21.9 Å². The number of azo groups is 1. The number of ether oxygens (including phenoxy) is 1. The zero-order valence-electron chi connectivity index (χ0n) is 18.5. The van der Waals surface area contributed by atoms with Gasteiger partial charge in [0.2, 0.25) is 0 Å². The quantitative estimate of drug-likeness (QED) is 0.113. The number of phenolic OH excluding ortho intramolecular Hbond substituents is 1. The van der Waals surface area contributed by atoms with Crippen molar-refractivity contribution in [2.45, 2.75) is 16.4 Å². The Kier molecular flexibility index (Phi) is 8.25. The molecular formula is C20H19N3O11S3. The fourth-order valence-corrected chi connectivity index (χ4v) is 5.26. The largest absolute Gasteiger partial charge is 0.505 e. The van der Waals surface area contributed by atoms with Gasteiger partial charge in [-0.1, -0.05) is 12.1 Å². The summed E-state index contributed by atoms with van der Waals surface area (Å²) in [5.74, 6) is -1.34. The lowest BCUT2D eigenvalue weighted by atomic mass is 10.1. The molecule has 0 spiro atoms. The summed E-state index contributed by atoms with van der Waals surface area (Å²) in [6, 6.07) is 10.3. The van der Waals surface area contributed by atoms with Gasteiger partial charge in [-0.15, -0.1) is 5.11 Å². The van der Waals surface area contributed by atoms with E-state index in [4.69, 9.17) is 14.7 Å². The number of nitrogens with zero attached hydrogens (tertiary/aromatic N) is 2. The van der Waals surface area contributed by atoms with E-state index in [1.807, 2.05) is 0 Å². The minimum Gasteiger partial charge on any atom is -0.505 e. The van der Waals surface area contributed by atoms with Crippen LogP contribution >= 0.6 is 0 Å². The van der Waals surface area contributed by atoms with Crippen molar-refractivity contribution in [3.63, 3.8) is 0 Å². The van der Waals surface area contributed by atoms with Crippen LogP contribution in [0.2, 0.25) is 0 Å². The topological polar surface area (TPSA) is 230 Å². The van der Waals surface area contributed by atoms with Gasteiger partial charge in [0.25, 0.3) is 10.1 Å². The molecule has 3 rings (SSSR count). The Morgan fingerprint density at radius 1 is 0.919 bits per heavy atom. The zero-order valence-corrected chi connectivity index (χ0v) is 21.0. The number of nitrogens with one attached hydrogen (secondary N) is 1. The van der Waals surface area contributed by atoms with Gasteiger partial charge in [-0.3, -0.25) is 14.5 Å². The molecule has 0 atom stereocenters. The van der Waals surface area contributed by atoms with Gasteiger partial charge in [-0.05, 0) is 47.3 Å². The Balaban J connectivity index is 1.93. The summed E-state index contributed by atoms with van der Waals surface area (Å²) in [4.78, 5) is -0.954. The van der Waals surface area contributed by atoms with Gasteiger partial charge in [0, 0.05) is 5.39 Å². The Morgan fingerprint density at radius 2 is 1.59 bits per heavy atom. The van der Waals surface area contributed by atoms with E-state index in [-0.39, 0.29) is 28.0 Å². The summed E-state index contributed by atoms with van der Waals surface area (Å²) in [6.07, 6.45) is 0.731. The molecule has 0 saturated carbocycles. The Hall–Kier alpha value is -3.48. The summed E-state index contributed by atoms with van der Waals surface area (Å²) in [6.45, 7) is -0.790. The highest BCUT2D eigenvalue weighted by Crippen LogP contribution is 2.41. The van der Waals surface area contributed by atoms with E-state index in [0.717, 1.165) is 24.6 Å². The van der Waals surface area contributed by atoms with Crippen molar-refractivity contribution in [1.82, 2.24) is 0 Å². The third kappa shape index (κ3) is 7.28. The smallest absolute Gasteiger partial charge is 0.397 e. The van der Waals surface area contributed by atoms with Gasteiger partial charge in [0.05, 0.1) is 22.9 Å². The molecule has 0 heterocycles. The maximum absolute atomic E-state index is 12.3. The number of fused-ring (bicyclic) bond motifs is 1. The van der Waals surface area contributed by atoms with E-state index in [1.54, 1.807) is 6.07 Å². The van der Waals surface area contributed by atoms with Crippen molar-refractivity contribution in [3.8, 4) is 5.75 Å². The fourth-order valence-electron chi connectivity index (χ4n) is 3.12. The average Bonchev–Trinajstić information content (AvgIpc) is 2.80. The Bertz CT molecular complexity index is 1680. The van der Waals surface area contributed by atoms with Gasteiger partial charge in [-0.25, -0.2) is 12.6 Å². The molecule has 0 aromatic heterocycles. The molecule has 37 heavy (non-hydrogen) atoms. The average molecular weight is 574 g/mol. The molecule has 3 aromatic carbocycles. The van der Waals surface area contributed by atoms with Crippen LogP contribution in [-0.4, -0.2) is 58.2 Å². The standard InChI is InChI=1S/C20H19N3O11S3/c21-12-33-11-13-1-6-17-14(9-13)10-18(36(27,28)29)19(20(17)24)23-22-15-2-4-16(5-3-15)35(25,26)8-7-34-37(30,31)32/h1-6,9-10,12,21,24H,7-8,11H2,(H,27,28,29)(H,30,31,32). The van der Waals surface area contributed by atoms with Crippen LogP contribution in [0, 0.1) is 5.41 Å². The summed E-state index contributed by atoms with van der Waals surface area (Å²) in [5.41, 5.74) is 0.0521. The molecular weight excluding hydrogens is 554 g/mol. The predicted molar refractivity (Wildman–Crippen MR) is 129 cm³/mol. The molecule has 3 aromatic rings. The fraction of sp³-hybridized carbons (Fsp3) is 0.150. The van der Waals surface area contributed by atoms with Crippen LogP contribution in [-0.2, 0) is 45.9 Å². The first-order chi connectivity index (χ1) is 17.2. The lowest BCUT2D eigenvalue weighted by Crippen LogP contribution is -2.15. The van der Waals surface area contributed by atoms with E-state index in [0.29, 0.717) is 5.56 Å². The molecule has 0 aliphatic carbocycles. The van der Waals surface area contributed by atoms with Crippen molar-refractivity contribution in [1.29, 1.82) is 5.41 Å². The highest BCUT2D eigenvalue weighted by atomic mass is 32.3. The van der Waals surface area contributed by atoms with Gasteiger partial charge < -0.3 is 9.84 Å². The Labute approximate surface area is 211 Å². The molecule has 4 N–H and O–H groups in total. The number of phenols is 1. The molecule has 0 saturated heterocycles. The van der Waals surface area contributed by atoms with Crippen LogP contribution in [0.25, 0.3) is 10.8 Å². The SMILES string of the molecule is N=COCc1ccc2c(O)c(N=Nc3ccc(S(=O)(=O)CCOS(=O)(=O)O)cc3)c(S(=O)(=O)O)cc2c1. The number of benzene rings is 3. The van der Waals surface area contributed by atoms with Crippen LogP contribution in [0.4, 0.5) is 11.4 Å². The minimum atomic E-state index is -4.86. The van der Waals surface area contributed by atoms with Crippen molar-refractivity contribution in [2.24, 2.45) is 10.2 Å². The molecule has 0 fully saturated rings. The van der Waals surface area contributed by atoms with Crippen LogP contribution in [0.5, 0.6) is 5.75 Å². The summed E-state index contributed by atoms with van der Waals surface area (Å²) < 4.78 is 96.7. The van der Waals surface area contributed by atoms with Gasteiger partial charge >= 0.3 is 10.4 Å². The van der Waals surface area contributed by atoms with Crippen molar-refractivity contribution in [3.05, 3.63) is 54.1 Å². The van der Waals surface area contributed by atoms with Crippen molar-refractivity contribution < 1.29 is 48.4 Å². The molecule has 0 unspecified atom stereocenters. The maximum atomic E-state index is 12.3. The minimum absolute atomic E-state index is 0.0160. The predicted octanol–water partition coefficient (Wildman–Crippen LogP) is 2.92. The van der Waals surface area contributed by atoms with Gasteiger partial charge in [0.1, 0.15) is 17.2 Å². The first-order valence-corrected chi connectivity index (χ1v) is 14.4. The molecule has 0 bridgehead atoms. The Morgan fingerprint density at radius 3 is 2.19 bits per heavy atom. The molecule has 0 amide bonds. The maximum Gasteiger partial charge on any atom is 0.397 e. The second-order valence-corrected chi connectivity index (χ2v) is 11.9. The number of rotatable bonds is 11. The van der Waals surface area contributed by atoms with E-state index < -0.39 is 59.0 Å². The van der Waals surface area contributed by atoms with E-state index in [2.05, 4.69) is 14.4 Å². The van der Waals surface area contributed by atoms with Crippen LogP contribution in [0.3, 0.4) is 0 Å². The molecule has 14 nitrogen and oxygen atoms in total. The van der Waals surface area contributed by atoms with E-state index in [9.17, 15) is 34.9 Å². The molecule has 0 aliphatic heterocycles. The number of aromatic hydroxyl groups is 1. The third-order valence-electron chi connectivity index (χ3n) is 4.77. The number of sulfone groups is 1. The normalized spacial score (nSPS) is 12.7. The molecule has 0 radical (unpaired) electrons. The number of hydrogen-bond donors (Lipinski definition) is 4. The summed E-state index contributed by atoms with van der Waals surface area (Å²) >= 11 is 0. The molecule has 17 heteroatoms. The van der Waals surface area contributed by atoms with Crippen LogP contribution in [0.15, 0.2) is 68.6 Å². The van der Waals surface area contributed by atoms with Crippen LogP contribution in [0.1, 0.15) is 5.56 Å². The molecule has 198 valence electrons. The third-order valence-corrected chi connectivity index (χ3v) is 7.80. The zero-order chi connectivity index (χ0) is 27.4. The summed E-state index contributed by atoms with van der Waals surface area (Å²) in [5, 5.41) is 25.6. The lowest BCUT2D eigenvalue weighted by molar-refractivity contribution is 0.284. The van der Waals surface area contributed by atoms with Crippen molar-refractivity contribution >= 4 is 58.9 Å². The lowest BCUT2D eigenvalue weighted by Gasteiger charge is -2.10. The monoisotopic (exact) mass is 573 g/mol. The van der Waals surface area contributed by atoms with Gasteiger partial charge in [0.15, 0.2) is 22.0 Å². The molecule has 0 aliphatic rings. The van der Waals surface area contributed by atoms with Crippen LogP contribution < -0.4 is 0 Å². The summed E-state index contributed by atoms with van der Waals surface area (Å²) in [7, 11) is -13.6. The second-order valence-electron chi connectivity index (χ2n) is 7.29. The van der Waals surface area contributed by atoms with E-state index in [1.165, 1.54) is 24.3 Å².